The number of aromatic nitrogens is 1. The average Bonchev–Trinajstić information content (AvgIpc) is 2.08. The van der Waals surface area contributed by atoms with E-state index >= 15 is 0 Å². The van der Waals surface area contributed by atoms with Gasteiger partial charge in [0.2, 0.25) is 0 Å². The molecular weight excluding hydrogens is 170 g/mol. The number of pyridine rings is 1. The summed E-state index contributed by atoms with van der Waals surface area (Å²) in [5, 5.41) is 0.653. The highest BCUT2D eigenvalue weighted by Gasteiger charge is 1.92. The fourth-order valence-electron chi connectivity index (χ4n) is 0.645. The Morgan fingerprint density at radius 1 is 1.42 bits per heavy atom. The molecule has 2 heteroatoms. The van der Waals surface area contributed by atoms with Gasteiger partial charge in [-0.15, -0.1) is 13.2 Å². The van der Waals surface area contributed by atoms with Gasteiger partial charge in [-0.3, -0.25) is 4.98 Å². The van der Waals surface area contributed by atoms with Crippen LogP contribution in [0.25, 0.3) is 5.57 Å². The minimum absolute atomic E-state index is 0.653. The second-order valence-electron chi connectivity index (χ2n) is 2.17. The Hall–Kier alpha value is -1.08. The fraction of sp³-hybridized carbons (Fsp3) is 0.100. The molecule has 0 unspecified atom stereocenters. The number of nitrogens with zero attached hydrogens (tertiary/aromatic N) is 1. The Labute approximate surface area is 78.4 Å². The number of halogens is 1. The van der Waals surface area contributed by atoms with Crippen LogP contribution in [0.15, 0.2) is 38.2 Å². The largest absolute Gasteiger partial charge is 0.263 e. The number of hydrogen-bond donors (Lipinski definition) is 0. The van der Waals surface area contributed by atoms with Gasteiger partial charge in [-0.1, -0.05) is 18.2 Å². The van der Waals surface area contributed by atoms with E-state index in [9.17, 15) is 0 Å². The normalized spacial score (nSPS) is 8.17. The van der Waals surface area contributed by atoms with Crippen LogP contribution in [0.1, 0.15) is 12.5 Å². The lowest BCUT2D eigenvalue weighted by Crippen LogP contribution is -1.79. The molecule has 0 amide bonds. The van der Waals surface area contributed by atoms with Crippen molar-refractivity contribution in [2.45, 2.75) is 6.92 Å². The van der Waals surface area contributed by atoms with Crippen molar-refractivity contribution in [3.8, 4) is 0 Å². The van der Waals surface area contributed by atoms with E-state index in [2.05, 4.69) is 24.7 Å². The maximum absolute atomic E-state index is 5.69. The highest BCUT2D eigenvalue weighted by molar-refractivity contribution is 6.30. The molecule has 0 aliphatic carbocycles. The topological polar surface area (TPSA) is 12.9 Å². The molecule has 1 rings (SSSR count). The van der Waals surface area contributed by atoms with Crippen molar-refractivity contribution in [2.24, 2.45) is 0 Å². The number of allylic oxidation sites excluding steroid dienone is 1. The first-order valence-corrected chi connectivity index (χ1v) is 3.84. The monoisotopic (exact) mass is 181 g/mol. The van der Waals surface area contributed by atoms with Crippen molar-refractivity contribution in [1.82, 2.24) is 4.98 Å². The lowest BCUT2D eigenvalue weighted by molar-refractivity contribution is 1.31. The van der Waals surface area contributed by atoms with Crippen LogP contribution >= 0.6 is 11.6 Å². The molecule has 0 fully saturated rings. The van der Waals surface area contributed by atoms with Gasteiger partial charge in [0.05, 0.1) is 5.02 Å². The van der Waals surface area contributed by atoms with Gasteiger partial charge in [-0.05, 0) is 24.1 Å². The summed E-state index contributed by atoms with van der Waals surface area (Å²) in [5.74, 6) is 0. The third-order valence-corrected chi connectivity index (χ3v) is 1.40. The molecule has 0 bridgehead atoms. The van der Waals surface area contributed by atoms with Gasteiger partial charge in [0.15, 0.2) is 0 Å². The van der Waals surface area contributed by atoms with Crippen molar-refractivity contribution in [3.63, 3.8) is 0 Å². The van der Waals surface area contributed by atoms with Crippen LogP contribution in [0.4, 0.5) is 0 Å². The summed E-state index contributed by atoms with van der Waals surface area (Å²) in [4.78, 5) is 3.91. The standard InChI is InChI=1S/C8H8ClN.C2H4/c1-6(2)7-3-8(9)5-10-4-7;1-2/h3-5H,1H2,2H3;1-2H2. The van der Waals surface area contributed by atoms with Crippen LogP contribution < -0.4 is 0 Å². The summed E-state index contributed by atoms with van der Waals surface area (Å²) in [7, 11) is 0. The predicted molar refractivity (Wildman–Crippen MR) is 55.2 cm³/mol. The molecule has 0 atom stereocenters. The Morgan fingerprint density at radius 2 is 2.00 bits per heavy atom. The highest BCUT2D eigenvalue weighted by atomic mass is 35.5. The van der Waals surface area contributed by atoms with Gasteiger partial charge in [-0.2, -0.15) is 0 Å². The second kappa shape index (κ2) is 5.56. The van der Waals surface area contributed by atoms with Crippen molar-refractivity contribution in [3.05, 3.63) is 48.8 Å². The molecule has 0 saturated carbocycles. The maximum Gasteiger partial charge on any atom is 0.0595 e. The number of rotatable bonds is 1. The lowest BCUT2D eigenvalue weighted by Gasteiger charge is -1.96. The predicted octanol–water partition coefficient (Wildman–Crippen LogP) is 3.57. The Kier molecular flexibility index (Phi) is 5.06. The SMILES string of the molecule is C=C.C=C(C)c1cncc(Cl)c1. The van der Waals surface area contributed by atoms with Gasteiger partial charge in [0, 0.05) is 12.4 Å². The summed E-state index contributed by atoms with van der Waals surface area (Å²) in [5.41, 5.74) is 1.97. The molecule has 0 aliphatic heterocycles. The van der Waals surface area contributed by atoms with E-state index < -0.39 is 0 Å². The summed E-state index contributed by atoms with van der Waals surface area (Å²) in [6.07, 6.45) is 3.35. The van der Waals surface area contributed by atoms with Crippen molar-refractivity contribution in [2.75, 3.05) is 0 Å². The summed E-state index contributed by atoms with van der Waals surface area (Å²) < 4.78 is 0. The van der Waals surface area contributed by atoms with E-state index in [0.717, 1.165) is 11.1 Å². The van der Waals surface area contributed by atoms with Crippen LogP contribution in [0.5, 0.6) is 0 Å². The molecule has 1 aromatic rings. The molecule has 0 saturated heterocycles. The minimum atomic E-state index is 0.653. The first-order valence-electron chi connectivity index (χ1n) is 3.46. The Balaban J connectivity index is 0.000000561. The zero-order valence-corrected chi connectivity index (χ0v) is 7.93. The molecule has 64 valence electrons. The van der Waals surface area contributed by atoms with Gasteiger partial charge in [0.1, 0.15) is 0 Å². The van der Waals surface area contributed by atoms with E-state index in [1.165, 1.54) is 0 Å². The summed E-state index contributed by atoms with van der Waals surface area (Å²) in [6.45, 7) is 11.7. The minimum Gasteiger partial charge on any atom is -0.263 e. The average molecular weight is 182 g/mol. The molecule has 0 radical (unpaired) electrons. The van der Waals surface area contributed by atoms with Gasteiger partial charge >= 0.3 is 0 Å². The molecule has 0 aromatic carbocycles. The van der Waals surface area contributed by atoms with Gasteiger partial charge < -0.3 is 0 Å². The number of hydrogen-bond acceptors (Lipinski definition) is 1. The first kappa shape index (κ1) is 10.9. The summed E-state index contributed by atoms with van der Waals surface area (Å²) in [6, 6.07) is 1.84. The van der Waals surface area contributed by atoms with Crippen LogP contribution in [0.2, 0.25) is 5.02 Å². The molecule has 1 aromatic heterocycles. The lowest BCUT2D eigenvalue weighted by atomic mass is 10.2. The maximum atomic E-state index is 5.69. The third kappa shape index (κ3) is 3.35. The molecule has 1 heterocycles. The molecule has 0 spiro atoms. The van der Waals surface area contributed by atoms with Crippen LogP contribution in [-0.4, -0.2) is 4.98 Å². The van der Waals surface area contributed by atoms with Crippen LogP contribution in [-0.2, 0) is 0 Å². The molecule has 0 aliphatic rings. The molecule has 0 N–H and O–H groups in total. The molecule has 12 heavy (non-hydrogen) atoms. The van der Waals surface area contributed by atoms with Crippen molar-refractivity contribution in [1.29, 1.82) is 0 Å². The summed E-state index contributed by atoms with van der Waals surface area (Å²) >= 11 is 5.69. The van der Waals surface area contributed by atoms with E-state index in [0.29, 0.717) is 5.02 Å². The van der Waals surface area contributed by atoms with E-state index in [4.69, 9.17) is 11.6 Å². The van der Waals surface area contributed by atoms with E-state index in [1.807, 2.05) is 13.0 Å². The van der Waals surface area contributed by atoms with Gasteiger partial charge in [-0.25, -0.2) is 0 Å². The zero-order valence-electron chi connectivity index (χ0n) is 7.18. The molecule has 1 nitrogen and oxygen atoms in total. The van der Waals surface area contributed by atoms with E-state index in [-0.39, 0.29) is 0 Å². The zero-order chi connectivity index (χ0) is 9.56. The Morgan fingerprint density at radius 3 is 2.33 bits per heavy atom. The molecular formula is C10H12ClN. The van der Waals surface area contributed by atoms with Crippen LogP contribution in [0, 0.1) is 0 Å². The van der Waals surface area contributed by atoms with Crippen molar-refractivity contribution >= 4 is 17.2 Å². The highest BCUT2D eigenvalue weighted by Crippen LogP contribution is 2.14. The second-order valence-corrected chi connectivity index (χ2v) is 2.61. The fourth-order valence-corrected chi connectivity index (χ4v) is 0.819. The van der Waals surface area contributed by atoms with Gasteiger partial charge in [0.25, 0.3) is 0 Å². The Bertz CT molecular complexity index is 268. The first-order chi connectivity index (χ1) is 5.70. The smallest absolute Gasteiger partial charge is 0.0595 e. The van der Waals surface area contributed by atoms with Crippen LogP contribution in [0.3, 0.4) is 0 Å². The van der Waals surface area contributed by atoms with E-state index in [1.54, 1.807) is 12.4 Å². The van der Waals surface area contributed by atoms with Crippen molar-refractivity contribution < 1.29 is 0 Å². The third-order valence-electron chi connectivity index (χ3n) is 1.20. The quantitative estimate of drug-likeness (QED) is 0.604.